The van der Waals surface area contributed by atoms with Gasteiger partial charge in [-0.1, -0.05) is 0 Å². The minimum absolute atomic E-state index is 0.382. The molecule has 10 heteroatoms. The second-order valence-electron chi connectivity index (χ2n) is 5.91. The fourth-order valence-electron chi connectivity index (χ4n) is 1.44. The van der Waals surface area contributed by atoms with Gasteiger partial charge in [0.15, 0.2) is 6.04 Å². The maximum atomic E-state index is 11.8. The number of rotatable bonds is 7. The molecule has 0 radical (unpaired) electrons. The van der Waals surface area contributed by atoms with Crippen molar-refractivity contribution in [2.45, 2.75) is 45.4 Å². The predicted molar refractivity (Wildman–Crippen MR) is 82.9 cm³/mol. The summed E-state index contributed by atoms with van der Waals surface area (Å²) < 4.78 is 9.37. The van der Waals surface area contributed by atoms with Crippen LogP contribution in [-0.4, -0.2) is 66.9 Å². The second-order valence-corrected chi connectivity index (χ2v) is 5.91. The van der Waals surface area contributed by atoms with Crippen LogP contribution in [0.1, 0.15) is 27.7 Å². The number of hydrogen-bond acceptors (Lipinski definition) is 7. The third-order valence-electron chi connectivity index (χ3n) is 2.55. The Morgan fingerprint density at radius 3 is 2.17 bits per heavy atom. The van der Waals surface area contributed by atoms with Gasteiger partial charge in [0.25, 0.3) is 0 Å². The maximum absolute atomic E-state index is 11.8. The average molecular weight is 347 g/mol. The van der Waals surface area contributed by atoms with Gasteiger partial charge >= 0.3 is 12.1 Å². The molecule has 0 aliphatic rings. The second kappa shape index (κ2) is 9.71. The van der Waals surface area contributed by atoms with E-state index in [9.17, 15) is 19.2 Å². The van der Waals surface area contributed by atoms with Gasteiger partial charge in [-0.25, -0.2) is 9.59 Å². The topological polar surface area (TPSA) is 143 Å². The summed E-state index contributed by atoms with van der Waals surface area (Å²) >= 11 is 0. The normalized spacial score (nSPS) is 13.2. The van der Waals surface area contributed by atoms with Crippen molar-refractivity contribution in [3.8, 4) is 0 Å². The Labute approximate surface area is 140 Å². The third kappa shape index (κ3) is 8.93. The van der Waals surface area contributed by atoms with Gasteiger partial charge in [-0.15, -0.1) is 0 Å². The summed E-state index contributed by atoms with van der Waals surface area (Å²) in [6.07, 6.45) is -0.763. The van der Waals surface area contributed by atoms with Gasteiger partial charge in [0, 0.05) is 0 Å². The van der Waals surface area contributed by atoms with Crippen molar-refractivity contribution in [1.29, 1.82) is 0 Å². The standard InChI is InChI=1S/C14H25N3O7/c1-8(11(20)17-9(7-18)12(21)23-5)16-10(19)6-15-13(22)24-14(2,3)4/h8-9,18H,6-7H2,1-5H3,(H,15,22)(H,16,19)(H,17,20). The SMILES string of the molecule is COC(=O)C(CO)NC(=O)C(C)NC(=O)CNC(=O)OC(C)(C)C. The molecule has 0 rings (SSSR count). The zero-order valence-corrected chi connectivity index (χ0v) is 14.5. The van der Waals surface area contributed by atoms with Gasteiger partial charge < -0.3 is 30.5 Å². The molecule has 0 aliphatic heterocycles. The van der Waals surface area contributed by atoms with E-state index in [-0.39, 0.29) is 6.54 Å². The Balaban J connectivity index is 4.32. The molecule has 10 nitrogen and oxygen atoms in total. The molecule has 24 heavy (non-hydrogen) atoms. The van der Waals surface area contributed by atoms with Crippen LogP contribution in [0.5, 0.6) is 0 Å². The molecule has 2 atom stereocenters. The summed E-state index contributed by atoms with van der Waals surface area (Å²) in [5.74, 6) is -2.12. The number of nitrogens with one attached hydrogen (secondary N) is 3. The predicted octanol–water partition coefficient (Wildman–Crippen LogP) is -1.33. The highest BCUT2D eigenvalue weighted by Gasteiger charge is 2.24. The van der Waals surface area contributed by atoms with Gasteiger partial charge in [0.05, 0.1) is 13.7 Å². The van der Waals surface area contributed by atoms with E-state index in [1.807, 2.05) is 0 Å². The van der Waals surface area contributed by atoms with Crippen LogP contribution in [0.4, 0.5) is 4.79 Å². The van der Waals surface area contributed by atoms with Crippen LogP contribution in [0.3, 0.4) is 0 Å². The highest BCUT2D eigenvalue weighted by atomic mass is 16.6. The van der Waals surface area contributed by atoms with Crippen molar-refractivity contribution in [3.05, 3.63) is 0 Å². The van der Waals surface area contributed by atoms with E-state index in [0.29, 0.717) is 0 Å². The lowest BCUT2D eigenvalue weighted by molar-refractivity contribution is -0.146. The van der Waals surface area contributed by atoms with Crippen LogP contribution in [0.2, 0.25) is 0 Å². The number of esters is 1. The molecule has 0 heterocycles. The first-order valence-electron chi connectivity index (χ1n) is 7.25. The van der Waals surface area contributed by atoms with E-state index in [1.54, 1.807) is 20.8 Å². The van der Waals surface area contributed by atoms with Crippen LogP contribution < -0.4 is 16.0 Å². The minimum atomic E-state index is -1.22. The van der Waals surface area contributed by atoms with E-state index in [4.69, 9.17) is 9.84 Å². The highest BCUT2D eigenvalue weighted by Crippen LogP contribution is 2.06. The Hall–Kier alpha value is -2.36. The summed E-state index contributed by atoms with van der Waals surface area (Å²) in [5.41, 5.74) is -0.694. The number of amides is 3. The van der Waals surface area contributed by atoms with E-state index in [0.717, 1.165) is 7.11 Å². The number of carbonyl (C=O) groups excluding carboxylic acids is 4. The average Bonchev–Trinajstić information content (AvgIpc) is 2.47. The van der Waals surface area contributed by atoms with Crippen molar-refractivity contribution in [1.82, 2.24) is 16.0 Å². The Morgan fingerprint density at radius 2 is 1.71 bits per heavy atom. The van der Waals surface area contributed by atoms with Gasteiger partial charge in [-0.3, -0.25) is 9.59 Å². The zero-order valence-electron chi connectivity index (χ0n) is 14.5. The zero-order chi connectivity index (χ0) is 18.9. The molecular weight excluding hydrogens is 322 g/mol. The lowest BCUT2D eigenvalue weighted by atomic mass is 10.2. The number of ether oxygens (including phenoxy) is 2. The summed E-state index contributed by atoms with van der Waals surface area (Å²) in [6.45, 7) is 5.40. The molecule has 0 aromatic rings. The molecule has 0 aliphatic carbocycles. The van der Waals surface area contributed by atoms with Crippen LogP contribution in [-0.2, 0) is 23.9 Å². The fraction of sp³-hybridized carbons (Fsp3) is 0.714. The van der Waals surface area contributed by atoms with Crippen LogP contribution in [0.25, 0.3) is 0 Å². The van der Waals surface area contributed by atoms with Crippen LogP contribution in [0, 0.1) is 0 Å². The van der Waals surface area contributed by atoms with Crippen molar-refractivity contribution in [2.75, 3.05) is 20.3 Å². The molecule has 0 spiro atoms. The Kier molecular flexibility index (Phi) is 8.75. The first kappa shape index (κ1) is 21.6. The van der Waals surface area contributed by atoms with Crippen molar-refractivity contribution >= 4 is 23.9 Å². The van der Waals surface area contributed by atoms with Gasteiger partial charge in [-0.2, -0.15) is 0 Å². The van der Waals surface area contributed by atoms with Crippen LogP contribution >= 0.6 is 0 Å². The van der Waals surface area contributed by atoms with E-state index in [2.05, 4.69) is 20.7 Å². The molecular formula is C14H25N3O7. The van der Waals surface area contributed by atoms with Crippen molar-refractivity contribution in [2.24, 2.45) is 0 Å². The number of aliphatic hydroxyl groups excluding tert-OH is 1. The smallest absolute Gasteiger partial charge is 0.408 e. The largest absolute Gasteiger partial charge is 0.467 e. The number of aliphatic hydroxyl groups is 1. The maximum Gasteiger partial charge on any atom is 0.408 e. The Morgan fingerprint density at radius 1 is 1.12 bits per heavy atom. The summed E-state index contributed by atoms with van der Waals surface area (Å²) in [7, 11) is 1.12. The van der Waals surface area contributed by atoms with E-state index in [1.165, 1.54) is 6.92 Å². The van der Waals surface area contributed by atoms with E-state index < -0.39 is 48.2 Å². The summed E-state index contributed by atoms with van der Waals surface area (Å²) in [6, 6.07) is -2.21. The molecule has 0 aromatic carbocycles. The van der Waals surface area contributed by atoms with Gasteiger partial charge in [0.1, 0.15) is 18.2 Å². The fourth-order valence-corrected chi connectivity index (χ4v) is 1.44. The highest BCUT2D eigenvalue weighted by molar-refractivity contribution is 5.91. The molecule has 3 amide bonds. The molecule has 0 saturated heterocycles. The molecule has 0 fully saturated rings. The quantitative estimate of drug-likeness (QED) is 0.418. The molecule has 0 aromatic heterocycles. The number of carbonyl (C=O) groups is 4. The first-order valence-corrected chi connectivity index (χ1v) is 7.25. The van der Waals surface area contributed by atoms with E-state index >= 15 is 0 Å². The molecule has 0 saturated carbocycles. The minimum Gasteiger partial charge on any atom is -0.467 e. The van der Waals surface area contributed by atoms with Gasteiger partial charge in [0.2, 0.25) is 11.8 Å². The molecule has 0 bridgehead atoms. The lowest BCUT2D eigenvalue weighted by Gasteiger charge is -2.20. The summed E-state index contributed by atoms with van der Waals surface area (Å²) in [5, 5.41) is 15.8. The molecule has 2 unspecified atom stereocenters. The Bertz CT molecular complexity index is 473. The monoisotopic (exact) mass is 347 g/mol. The van der Waals surface area contributed by atoms with Gasteiger partial charge in [-0.05, 0) is 27.7 Å². The third-order valence-corrected chi connectivity index (χ3v) is 2.55. The first-order chi connectivity index (χ1) is 11.0. The number of hydrogen-bond donors (Lipinski definition) is 4. The van der Waals surface area contributed by atoms with Crippen molar-refractivity contribution < 1.29 is 33.8 Å². The number of methoxy groups -OCH3 is 1. The molecule has 138 valence electrons. The van der Waals surface area contributed by atoms with Crippen molar-refractivity contribution in [3.63, 3.8) is 0 Å². The van der Waals surface area contributed by atoms with Crippen LogP contribution in [0.15, 0.2) is 0 Å². The molecule has 4 N–H and O–H groups in total. The number of alkyl carbamates (subject to hydrolysis) is 1. The lowest BCUT2D eigenvalue weighted by Crippen LogP contribution is -2.53. The summed E-state index contributed by atoms with van der Waals surface area (Å²) in [4.78, 5) is 46.2.